The summed E-state index contributed by atoms with van der Waals surface area (Å²) in [7, 11) is 0. The Hall–Kier alpha value is -2.03. The van der Waals surface area contributed by atoms with Crippen LogP contribution in [0.2, 0.25) is 0 Å². The standard InChI is InChI=1S/C13H12N2O/c16-10-7-11(12-5-1-3-8-14-12)13-6-2-4-9-15-13/h1-6,8-11H,7H2. The van der Waals surface area contributed by atoms with E-state index in [1.165, 1.54) is 0 Å². The summed E-state index contributed by atoms with van der Waals surface area (Å²) in [5.41, 5.74) is 1.77. The predicted molar refractivity (Wildman–Crippen MR) is 61.0 cm³/mol. The van der Waals surface area contributed by atoms with Crippen LogP contribution in [0.5, 0.6) is 0 Å². The maximum Gasteiger partial charge on any atom is 0.121 e. The molecule has 2 rings (SSSR count). The molecule has 0 N–H and O–H groups in total. The van der Waals surface area contributed by atoms with Crippen molar-refractivity contribution in [3.8, 4) is 0 Å². The number of nitrogens with zero attached hydrogens (tertiary/aromatic N) is 2. The largest absolute Gasteiger partial charge is 0.303 e. The van der Waals surface area contributed by atoms with E-state index in [-0.39, 0.29) is 5.92 Å². The number of carbonyl (C=O) groups excluding carboxylic acids is 1. The highest BCUT2D eigenvalue weighted by atomic mass is 16.1. The van der Waals surface area contributed by atoms with Crippen molar-refractivity contribution in [2.75, 3.05) is 0 Å². The molecule has 0 aliphatic heterocycles. The Morgan fingerprint density at radius 1 is 1.00 bits per heavy atom. The number of hydrogen-bond donors (Lipinski definition) is 0. The zero-order chi connectivity index (χ0) is 11.2. The smallest absolute Gasteiger partial charge is 0.121 e. The molecule has 0 aliphatic carbocycles. The average molecular weight is 212 g/mol. The van der Waals surface area contributed by atoms with Crippen LogP contribution < -0.4 is 0 Å². The molecular formula is C13H12N2O. The van der Waals surface area contributed by atoms with Gasteiger partial charge in [0.15, 0.2) is 0 Å². The number of hydrogen-bond acceptors (Lipinski definition) is 3. The van der Waals surface area contributed by atoms with E-state index < -0.39 is 0 Å². The monoisotopic (exact) mass is 212 g/mol. The molecule has 0 unspecified atom stereocenters. The Morgan fingerprint density at radius 2 is 1.56 bits per heavy atom. The van der Waals surface area contributed by atoms with Gasteiger partial charge in [-0.05, 0) is 24.3 Å². The number of rotatable bonds is 4. The summed E-state index contributed by atoms with van der Waals surface area (Å²) in [5.74, 6) is -0.0418. The maximum absolute atomic E-state index is 10.7. The SMILES string of the molecule is O=CCC(c1ccccn1)c1ccccn1. The molecule has 0 amide bonds. The molecule has 16 heavy (non-hydrogen) atoms. The molecule has 3 heteroatoms. The van der Waals surface area contributed by atoms with Gasteiger partial charge in [-0.2, -0.15) is 0 Å². The lowest BCUT2D eigenvalue weighted by Crippen LogP contribution is -2.05. The molecule has 0 saturated heterocycles. The summed E-state index contributed by atoms with van der Waals surface area (Å²) in [6.45, 7) is 0. The molecule has 2 aromatic heterocycles. The van der Waals surface area contributed by atoms with Gasteiger partial charge in [0.05, 0.1) is 5.92 Å². The van der Waals surface area contributed by atoms with E-state index in [4.69, 9.17) is 0 Å². The normalized spacial score (nSPS) is 10.3. The van der Waals surface area contributed by atoms with Gasteiger partial charge < -0.3 is 4.79 Å². The second-order valence-electron chi connectivity index (χ2n) is 3.46. The lowest BCUT2D eigenvalue weighted by molar-refractivity contribution is -0.108. The first-order valence-corrected chi connectivity index (χ1v) is 5.17. The van der Waals surface area contributed by atoms with E-state index in [9.17, 15) is 4.79 Å². The van der Waals surface area contributed by atoms with Crippen LogP contribution in [-0.4, -0.2) is 16.3 Å². The fourth-order valence-corrected chi connectivity index (χ4v) is 1.65. The van der Waals surface area contributed by atoms with E-state index in [2.05, 4.69) is 9.97 Å². The molecule has 0 bridgehead atoms. The summed E-state index contributed by atoms with van der Waals surface area (Å²) in [6, 6.07) is 11.4. The summed E-state index contributed by atoms with van der Waals surface area (Å²) >= 11 is 0. The first kappa shape index (κ1) is 10.5. The molecule has 2 aromatic rings. The van der Waals surface area contributed by atoms with Crippen LogP contribution in [0.25, 0.3) is 0 Å². The van der Waals surface area contributed by atoms with Crippen molar-refractivity contribution in [3.05, 3.63) is 60.2 Å². The third-order valence-electron chi connectivity index (χ3n) is 2.42. The Bertz CT molecular complexity index is 403. The van der Waals surface area contributed by atoms with E-state index >= 15 is 0 Å². The van der Waals surface area contributed by atoms with Crippen LogP contribution in [0, 0.1) is 0 Å². The second kappa shape index (κ2) is 5.16. The topological polar surface area (TPSA) is 42.9 Å². The van der Waals surface area contributed by atoms with Gasteiger partial charge in [-0.3, -0.25) is 9.97 Å². The summed E-state index contributed by atoms with van der Waals surface area (Å²) in [6.07, 6.45) is 4.79. The minimum absolute atomic E-state index is 0.0418. The quantitative estimate of drug-likeness (QED) is 0.730. The van der Waals surface area contributed by atoms with Crippen molar-refractivity contribution in [1.82, 2.24) is 9.97 Å². The molecule has 2 heterocycles. The fraction of sp³-hybridized carbons (Fsp3) is 0.154. The highest BCUT2D eigenvalue weighted by Crippen LogP contribution is 2.23. The van der Waals surface area contributed by atoms with Crippen molar-refractivity contribution < 1.29 is 4.79 Å². The number of pyridine rings is 2. The highest BCUT2D eigenvalue weighted by Gasteiger charge is 2.15. The molecule has 0 saturated carbocycles. The first-order valence-electron chi connectivity index (χ1n) is 5.17. The van der Waals surface area contributed by atoms with E-state index in [0.29, 0.717) is 6.42 Å². The van der Waals surface area contributed by atoms with Crippen LogP contribution in [0.3, 0.4) is 0 Å². The zero-order valence-electron chi connectivity index (χ0n) is 8.78. The highest BCUT2D eigenvalue weighted by molar-refractivity contribution is 5.52. The number of aldehydes is 1. The Kier molecular flexibility index (Phi) is 3.38. The van der Waals surface area contributed by atoms with Crippen LogP contribution >= 0.6 is 0 Å². The third kappa shape index (κ3) is 2.31. The third-order valence-corrected chi connectivity index (χ3v) is 2.42. The minimum Gasteiger partial charge on any atom is -0.303 e. The summed E-state index contributed by atoms with van der Waals surface area (Å²) < 4.78 is 0. The molecule has 0 atom stereocenters. The van der Waals surface area contributed by atoms with Crippen molar-refractivity contribution in [2.24, 2.45) is 0 Å². The Morgan fingerprint density at radius 3 is 1.94 bits per heavy atom. The number of aromatic nitrogens is 2. The number of carbonyl (C=O) groups is 1. The van der Waals surface area contributed by atoms with Crippen molar-refractivity contribution in [3.63, 3.8) is 0 Å². The minimum atomic E-state index is -0.0418. The Balaban J connectivity index is 2.35. The van der Waals surface area contributed by atoms with Gasteiger partial charge in [0.1, 0.15) is 6.29 Å². The summed E-state index contributed by atoms with van der Waals surface area (Å²) in [5, 5.41) is 0. The lowest BCUT2D eigenvalue weighted by Gasteiger charge is -2.12. The van der Waals surface area contributed by atoms with Crippen molar-refractivity contribution in [2.45, 2.75) is 12.3 Å². The predicted octanol–water partition coefficient (Wildman–Crippen LogP) is 2.20. The second-order valence-corrected chi connectivity index (χ2v) is 3.46. The summed E-state index contributed by atoms with van der Waals surface area (Å²) in [4.78, 5) is 19.3. The molecule has 80 valence electrons. The van der Waals surface area contributed by atoms with Gasteiger partial charge >= 0.3 is 0 Å². The van der Waals surface area contributed by atoms with Crippen molar-refractivity contribution in [1.29, 1.82) is 0 Å². The fourth-order valence-electron chi connectivity index (χ4n) is 1.65. The molecule has 0 spiro atoms. The molecular weight excluding hydrogens is 200 g/mol. The van der Waals surface area contributed by atoms with Gasteiger partial charge in [-0.1, -0.05) is 12.1 Å². The van der Waals surface area contributed by atoms with Gasteiger partial charge in [0.2, 0.25) is 0 Å². The van der Waals surface area contributed by atoms with Gasteiger partial charge in [-0.25, -0.2) is 0 Å². The lowest BCUT2D eigenvalue weighted by atomic mass is 9.97. The van der Waals surface area contributed by atoms with Gasteiger partial charge in [-0.15, -0.1) is 0 Å². The zero-order valence-corrected chi connectivity index (χ0v) is 8.78. The van der Waals surface area contributed by atoms with Crippen molar-refractivity contribution >= 4 is 6.29 Å². The molecule has 0 aromatic carbocycles. The average Bonchev–Trinajstić information content (AvgIpc) is 2.38. The van der Waals surface area contributed by atoms with Crippen LogP contribution in [0.1, 0.15) is 23.7 Å². The van der Waals surface area contributed by atoms with E-state index in [0.717, 1.165) is 17.7 Å². The Labute approximate surface area is 94.2 Å². The van der Waals surface area contributed by atoms with E-state index in [1.54, 1.807) is 12.4 Å². The molecule has 0 fully saturated rings. The first-order chi connectivity index (χ1) is 7.92. The van der Waals surface area contributed by atoms with Crippen LogP contribution in [-0.2, 0) is 4.79 Å². The van der Waals surface area contributed by atoms with Gasteiger partial charge in [0.25, 0.3) is 0 Å². The molecule has 0 radical (unpaired) electrons. The molecule has 0 aliphatic rings. The molecule has 3 nitrogen and oxygen atoms in total. The van der Waals surface area contributed by atoms with Crippen LogP contribution in [0.15, 0.2) is 48.8 Å². The van der Waals surface area contributed by atoms with Gasteiger partial charge in [0, 0.05) is 30.2 Å². The van der Waals surface area contributed by atoms with E-state index in [1.807, 2.05) is 36.4 Å². The maximum atomic E-state index is 10.7. The van der Waals surface area contributed by atoms with Crippen LogP contribution in [0.4, 0.5) is 0 Å².